The molecule has 4 fully saturated rings. The summed E-state index contributed by atoms with van der Waals surface area (Å²) in [7, 11) is 0. The fourth-order valence-corrected chi connectivity index (χ4v) is 5.11. The molecule has 1 N–H and O–H groups in total. The van der Waals surface area contributed by atoms with E-state index in [-0.39, 0.29) is 23.5 Å². The molecule has 0 radical (unpaired) electrons. The number of alkyl carbamates (subject to hydrolysis) is 1. The normalized spacial score (nSPS) is 39.7. The average molecular weight is 326 g/mol. The van der Waals surface area contributed by atoms with E-state index in [1.165, 1.54) is 12.0 Å². The molecule has 2 aliphatic heterocycles. The number of rotatable bonds is 2. The second-order valence-electron chi connectivity index (χ2n) is 8.04. The SMILES string of the molecule is O=C1NC2(CO1)CC(C(=O)N1CC[C@@]3(c4ccccc4)CC3C1)C2. The monoisotopic (exact) mass is 326 g/mol. The van der Waals surface area contributed by atoms with Crippen molar-refractivity contribution in [2.75, 3.05) is 19.7 Å². The number of ether oxygens (including phenoxy) is 1. The molecule has 126 valence electrons. The number of hydrogen-bond donors (Lipinski definition) is 1. The van der Waals surface area contributed by atoms with Crippen molar-refractivity contribution in [2.45, 2.75) is 36.6 Å². The summed E-state index contributed by atoms with van der Waals surface area (Å²) < 4.78 is 5.00. The predicted octanol–water partition coefficient (Wildman–Crippen LogP) is 2.07. The highest BCUT2D eigenvalue weighted by Gasteiger charge is 2.59. The van der Waals surface area contributed by atoms with Gasteiger partial charge in [-0.2, -0.15) is 0 Å². The Hall–Kier alpha value is -2.04. The summed E-state index contributed by atoms with van der Waals surface area (Å²) in [4.78, 5) is 26.1. The van der Waals surface area contributed by atoms with Crippen molar-refractivity contribution in [3.05, 3.63) is 35.9 Å². The first-order valence-electron chi connectivity index (χ1n) is 8.90. The number of amides is 2. The maximum atomic E-state index is 12.8. The molecule has 4 aliphatic rings. The molecule has 2 saturated heterocycles. The van der Waals surface area contributed by atoms with Crippen molar-refractivity contribution in [1.29, 1.82) is 0 Å². The Balaban J connectivity index is 1.21. The van der Waals surface area contributed by atoms with E-state index in [0.717, 1.165) is 32.4 Å². The van der Waals surface area contributed by atoms with Gasteiger partial charge in [0.05, 0.1) is 5.54 Å². The molecule has 24 heavy (non-hydrogen) atoms. The number of fused-ring (bicyclic) bond motifs is 1. The molecule has 1 spiro atoms. The largest absolute Gasteiger partial charge is 0.447 e. The van der Waals surface area contributed by atoms with Crippen LogP contribution in [0.2, 0.25) is 0 Å². The third-order valence-corrected chi connectivity index (χ3v) is 6.63. The lowest BCUT2D eigenvalue weighted by molar-refractivity contribution is -0.142. The van der Waals surface area contributed by atoms with Crippen molar-refractivity contribution < 1.29 is 14.3 Å². The molecule has 2 atom stereocenters. The molecule has 2 aliphatic carbocycles. The van der Waals surface area contributed by atoms with Gasteiger partial charge in [-0.05, 0) is 37.2 Å². The molecule has 5 nitrogen and oxygen atoms in total. The molecule has 2 saturated carbocycles. The van der Waals surface area contributed by atoms with Crippen LogP contribution in [0.4, 0.5) is 4.79 Å². The molecule has 1 aromatic carbocycles. The van der Waals surface area contributed by atoms with Crippen molar-refractivity contribution in [3.63, 3.8) is 0 Å². The average Bonchev–Trinajstić information content (AvgIpc) is 3.19. The predicted molar refractivity (Wildman–Crippen MR) is 87.4 cm³/mol. The van der Waals surface area contributed by atoms with Gasteiger partial charge in [0.1, 0.15) is 6.61 Å². The Morgan fingerprint density at radius 1 is 1.21 bits per heavy atom. The van der Waals surface area contributed by atoms with Gasteiger partial charge < -0.3 is 15.0 Å². The molecule has 5 rings (SSSR count). The summed E-state index contributed by atoms with van der Waals surface area (Å²) in [6.45, 7) is 2.16. The van der Waals surface area contributed by atoms with Crippen molar-refractivity contribution >= 4 is 12.0 Å². The number of cyclic esters (lactones) is 1. The number of nitrogens with one attached hydrogen (secondary N) is 1. The Labute approximate surface area is 141 Å². The smallest absolute Gasteiger partial charge is 0.407 e. The molecular weight excluding hydrogens is 304 g/mol. The topological polar surface area (TPSA) is 58.6 Å². The van der Waals surface area contributed by atoms with E-state index in [2.05, 4.69) is 40.5 Å². The van der Waals surface area contributed by atoms with Crippen LogP contribution >= 0.6 is 0 Å². The minimum atomic E-state index is -0.343. The Kier molecular flexibility index (Phi) is 2.83. The summed E-state index contributed by atoms with van der Waals surface area (Å²) in [6, 6.07) is 10.8. The van der Waals surface area contributed by atoms with E-state index in [9.17, 15) is 9.59 Å². The Bertz CT molecular complexity index is 698. The highest BCUT2D eigenvalue weighted by molar-refractivity contribution is 5.82. The van der Waals surface area contributed by atoms with Crippen LogP contribution in [0.15, 0.2) is 30.3 Å². The second kappa shape index (κ2) is 4.74. The number of carbonyl (C=O) groups is 2. The van der Waals surface area contributed by atoms with E-state index in [0.29, 0.717) is 17.9 Å². The highest BCUT2D eigenvalue weighted by Crippen LogP contribution is 2.59. The summed E-state index contributed by atoms with van der Waals surface area (Å²) in [5.41, 5.74) is 1.50. The van der Waals surface area contributed by atoms with Gasteiger partial charge in [-0.1, -0.05) is 30.3 Å². The number of hydrogen-bond acceptors (Lipinski definition) is 3. The van der Waals surface area contributed by atoms with Gasteiger partial charge in [0.25, 0.3) is 0 Å². The molecule has 0 bridgehead atoms. The maximum absolute atomic E-state index is 12.8. The van der Waals surface area contributed by atoms with E-state index in [1.807, 2.05) is 0 Å². The molecule has 2 heterocycles. The third-order valence-electron chi connectivity index (χ3n) is 6.63. The van der Waals surface area contributed by atoms with Crippen LogP contribution in [0.5, 0.6) is 0 Å². The van der Waals surface area contributed by atoms with Gasteiger partial charge in [-0.3, -0.25) is 4.79 Å². The Morgan fingerprint density at radius 3 is 2.67 bits per heavy atom. The molecule has 1 aromatic rings. The van der Waals surface area contributed by atoms with Crippen LogP contribution < -0.4 is 5.32 Å². The summed E-state index contributed by atoms with van der Waals surface area (Å²) in [6.07, 6.45) is 3.39. The van der Waals surface area contributed by atoms with E-state index in [1.54, 1.807) is 0 Å². The quantitative estimate of drug-likeness (QED) is 0.905. The molecule has 5 heteroatoms. The number of benzene rings is 1. The second-order valence-corrected chi connectivity index (χ2v) is 8.04. The minimum absolute atomic E-state index is 0.0509. The van der Waals surface area contributed by atoms with Crippen LogP contribution in [-0.4, -0.2) is 42.1 Å². The van der Waals surface area contributed by atoms with Crippen LogP contribution in [-0.2, 0) is 14.9 Å². The first-order valence-corrected chi connectivity index (χ1v) is 8.90. The summed E-state index contributed by atoms with van der Waals surface area (Å²) in [5, 5.41) is 2.87. The van der Waals surface area contributed by atoms with Crippen LogP contribution in [0, 0.1) is 11.8 Å². The van der Waals surface area contributed by atoms with Crippen LogP contribution in [0.3, 0.4) is 0 Å². The summed E-state index contributed by atoms with van der Waals surface area (Å²) >= 11 is 0. The number of piperidine rings is 1. The van der Waals surface area contributed by atoms with Gasteiger partial charge in [0.15, 0.2) is 0 Å². The first kappa shape index (κ1) is 14.3. The number of carbonyl (C=O) groups excluding carboxylic acids is 2. The molecule has 1 unspecified atom stereocenters. The first-order chi connectivity index (χ1) is 11.6. The van der Waals surface area contributed by atoms with Gasteiger partial charge in [0.2, 0.25) is 5.91 Å². The lowest BCUT2D eigenvalue weighted by atomic mass is 9.68. The fourth-order valence-electron chi connectivity index (χ4n) is 5.11. The van der Waals surface area contributed by atoms with Crippen molar-refractivity contribution in [3.8, 4) is 0 Å². The van der Waals surface area contributed by atoms with Gasteiger partial charge in [-0.25, -0.2) is 4.79 Å². The van der Waals surface area contributed by atoms with Crippen LogP contribution in [0.25, 0.3) is 0 Å². The minimum Gasteiger partial charge on any atom is -0.447 e. The van der Waals surface area contributed by atoms with E-state index in [4.69, 9.17) is 4.74 Å². The van der Waals surface area contributed by atoms with Gasteiger partial charge >= 0.3 is 6.09 Å². The zero-order valence-electron chi connectivity index (χ0n) is 13.7. The van der Waals surface area contributed by atoms with Crippen LogP contribution in [0.1, 0.15) is 31.2 Å². The van der Waals surface area contributed by atoms with Gasteiger partial charge in [0, 0.05) is 24.4 Å². The maximum Gasteiger partial charge on any atom is 0.407 e. The van der Waals surface area contributed by atoms with Crippen molar-refractivity contribution in [1.82, 2.24) is 10.2 Å². The Morgan fingerprint density at radius 2 is 2.00 bits per heavy atom. The van der Waals surface area contributed by atoms with E-state index < -0.39 is 0 Å². The standard InChI is InChI=1S/C19H22N2O3/c22-16(13-8-18(9-13)12-24-17(23)20-18)21-7-6-19(10-15(19)11-21)14-4-2-1-3-5-14/h1-5,13,15H,6-12H2,(H,20,23)/t13?,15?,18?,19-/m0/s1. The molecule has 2 amide bonds. The summed E-state index contributed by atoms with van der Waals surface area (Å²) in [5.74, 6) is 0.937. The highest BCUT2D eigenvalue weighted by atomic mass is 16.6. The zero-order valence-corrected chi connectivity index (χ0v) is 13.7. The lowest BCUT2D eigenvalue weighted by Gasteiger charge is -2.44. The van der Waals surface area contributed by atoms with Gasteiger partial charge in [-0.15, -0.1) is 0 Å². The molecule has 0 aromatic heterocycles. The third kappa shape index (κ3) is 2.00. The number of nitrogens with zero attached hydrogens (tertiary/aromatic N) is 1. The fraction of sp³-hybridized carbons (Fsp3) is 0.579. The van der Waals surface area contributed by atoms with E-state index >= 15 is 0 Å². The lowest BCUT2D eigenvalue weighted by Crippen LogP contribution is -2.58. The zero-order chi connectivity index (χ0) is 16.4. The van der Waals surface area contributed by atoms with Crippen molar-refractivity contribution in [2.24, 2.45) is 11.8 Å². The number of likely N-dealkylation sites (tertiary alicyclic amines) is 1. The molecular formula is C19H22N2O3.